The van der Waals surface area contributed by atoms with E-state index < -0.39 is 0 Å². The molecule has 1 aromatic rings. The first-order chi connectivity index (χ1) is 9.52. The quantitative estimate of drug-likeness (QED) is 0.907. The minimum absolute atomic E-state index is 0.392. The zero-order valence-electron chi connectivity index (χ0n) is 13.5. The van der Waals surface area contributed by atoms with Crippen molar-refractivity contribution in [3.8, 4) is 0 Å². The van der Waals surface area contributed by atoms with E-state index in [1.165, 1.54) is 42.6 Å². The Morgan fingerprint density at radius 1 is 1.20 bits per heavy atom. The van der Waals surface area contributed by atoms with Crippen molar-refractivity contribution in [2.45, 2.75) is 46.6 Å². The number of nitrogens with zero attached hydrogens (tertiary/aromatic N) is 1. The van der Waals surface area contributed by atoms with Crippen LogP contribution in [0, 0.1) is 25.7 Å². The second-order valence-electron chi connectivity index (χ2n) is 6.73. The van der Waals surface area contributed by atoms with Crippen LogP contribution in [0.25, 0.3) is 0 Å². The lowest BCUT2D eigenvalue weighted by Crippen LogP contribution is -2.41. The fourth-order valence-electron chi connectivity index (χ4n) is 3.57. The van der Waals surface area contributed by atoms with Gasteiger partial charge in [0.25, 0.3) is 0 Å². The number of benzene rings is 1. The summed E-state index contributed by atoms with van der Waals surface area (Å²) in [6.45, 7) is 12.2. The lowest BCUT2D eigenvalue weighted by Gasteiger charge is -2.39. The van der Waals surface area contributed by atoms with E-state index in [-0.39, 0.29) is 0 Å². The maximum Gasteiger partial charge on any atom is 0.0473 e. The molecule has 0 aliphatic carbocycles. The van der Waals surface area contributed by atoms with Crippen molar-refractivity contribution in [3.05, 3.63) is 34.9 Å². The predicted octanol–water partition coefficient (Wildman–Crippen LogP) is 3.67. The molecule has 0 aromatic heterocycles. The molecule has 20 heavy (non-hydrogen) atoms. The second-order valence-corrected chi connectivity index (χ2v) is 6.73. The van der Waals surface area contributed by atoms with Crippen molar-refractivity contribution in [2.24, 2.45) is 17.6 Å². The highest BCUT2D eigenvalue weighted by Gasteiger charge is 2.27. The molecule has 1 aliphatic rings. The molecule has 2 rings (SSSR count). The molecule has 112 valence electrons. The van der Waals surface area contributed by atoms with Crippen molar-refractivity contribution < 1.29 is 0 Å². The van der Waals surface area contributed by atoms with Crippen molar-refractivity contribution in [1.29, 1.82) is 0 Å². The Morgan fingerprint density at radius 3 is 2.35 bits per heavy atom. The van der Waals surface area contributed by atoms with Crippen LogP contribution in [-0.4, -0.2) is 24.5 Å². The molecular weight excluding hydrogens is 244 g/mol. The number of likely N-dealkylation sites (tertiary alicyclic amines) is 1. The van der Waals surface area contributed by atoms with Gasteiger partial charge in [0.15, 0.2) is 0 Å². The fourth-order valence-corrected chi connectivity index (χ4v) is 3.57. The SMILES string of the molecule is Cc1ccc(C(CN)N2CCC(C(C)C)CC2)c(C)c1. The summed E-state index contributed by atoms with van der Waals surface area (Å²) in [5.74, 6) is 1.71. The van der Waals surface area contributed by atoms with Crippen molar-refractivity contribution in [3.63, 3.8) is 0 Å². The van der Waals surface area contributed by atoms with Crippen LogP contribution in [0.15, 0.2) is 18.2 Å². The Hall–Kier alpha value is -0.860. The van der Waals surface area contributed by atoms with Gasteiger partial charge in [0.2, 0.25) is 0 Å². The fraction of sp³-hybridized carbons (Fsp3) is 0.667. The standard InChI is InChI=1S/C18H30N2/c1-13(2)16-7-9-20(10-8-16)18(12-19)17-6-5-14(3)11-15(17)4/h5-6,11,13,16,18H,7-10,12,19H2,1-4H3. The summed E-state index contributed by atoms with van der Waals surface area (Å²) in [4.78, 5) is 2.59. The Labute approximate surface area is 124 Å². The van der Waals surface area contributed by atoms with Gasteiger partial charge in [-0.1, -0.05) is 37.6 Å². The van der Waals surface area contributed by atoms with Gasteiger partial charge in [-0.15, -0.1) is 0 Å². The number of rotatable bonds is 4. The number of aryl methyl sites for hydroxylation is 2. The molecule has 2 heteroatoms. The Kier molecular flexibility index (Phi) is 5.22. The first-order valence-corrected chi connectivity index (χ1v) is 8.04. The molecule has 1 unspecified atom stereocenters. The predicted molar refractivity (Wildman–Crippen MR) is 86.8 cm³/mol. The zero-order valence-corrected chi connectivity index (χ0v) is 13.5. The largest absolute Gasteiger partial charge is 0.329 e. The highest BCUT2D eigenvalue weighted by molar-refractivity contribution is 5.33. The molecule has 1 aliphatic heterocycles. The first-order valence-electron chi connectivity index (χ1n) is 8.04. The third-order valence-electron chi connectivity index (χ3n) is 4.97. The van der Waals surface area contributed by atoms with E-state index in [1.54, 1.807) is 0 Å². The molecule has 0 spiro atoms. The molecule has 0 saturated carbocycles. The Morgan fingerprint density at radius 2 is 1.85 bits per heavy atom. The van der Waals surface area contributed by atoms with Gasteiger partial charge in [-0.2, -0.15) is 0 Å². The van der Waals surface area contributed by atoms with Crippen molar-refractivity contribution in [1.82, 2.24) is 4.90 Å². The first kappa shape index (κ1) is 15.5. The smallest absolute Gasteiger partial charge is 0.0473 e. The van der Waals surface area contributed by atoms with Crippen LogP contribution in [0.1, 0.15) is 49.4 Å². The molecule has 1 heterocycles. The molecule has 2 nitrogen and oxygen atoms in total. The number of hydrogen-bond donors (Lipinski definition) is 1. The minimum Gasteiger partial charge on any atom is -0.329 e. The van der Waals surface area contributed by atoms with Gasteiger partial charge in [-0.25, -0.2) is 0 Å². The van der Waals surface area contributed by atoms with Crippen LogP contribution < -0.4 is 5.73 Å². The van der Waals surface area contributed by atoms with Crippen LogP contribution in [0.5, 0.6) is 0 Å². The summed E-state index contributed by atoms with van der Waals surface area (Å²) in [6, 6.07) is 7.16. The van der Waals surface area contributed by atoms with Gasteiger partial charge < -0.3 is 5.73 Å². The Balaban J connectivity index is 2.09. The minimum atomic E-state index is 0.392. The maximum absolute atomic E-state index is 6.10. The molecule has 2 N–H and O–H groups in total. The van der Waals surface area contributed by atoms with Gasteiger partial charge in [0.05, 0.1) is 0 Å². The summed E-state index contributed by atoms with van der Waals surface area (Å²) in [7, 11) is 0. The van der Waals surface area contributed by atoms with Crippen LogP contribution in [-0.2, 0) is 0 Å². The Bertz CT molecular complexity index is 431. The van der Waals surface area contributed by atoms with Gasteiger partial charge in [-0.05, 0) is 62.7 Å². The normalized spacial score (nSPS) is 19.5. The highest BCUT2D eigenvalue weighted by atomic mass is 15.2. The molecule has 0 bridgehead atoms. The summed E-state index contributed by atoms with van der Waals surface area (Å²) in [6.07, 6.45) is 2.64. The van der Waals surface area contributed by atoms with Crippen LogP contribution in [0.4, 0.5) is 0 Å². The van der Waals surface area contributed by atoms with Gasteiger partial charge in [0.1, 0.15) is 0 Å². The average molecular weight is 274 g/mol. The van der Waals surface area contributed by atoms with E-state index in [9.17, 15) is 0 Å². The van der Waals surface area contributed by atoms with E-state index in [0.717, 1.165) is 18.4 Å². The van der Waals surface area contributed by atoms with Crippen LogP contribution in [0.3, 0.4) is 0 Å². The lowest BCUT2D eigenvalue weighted by atomic mass is 9.85. The molecular formula is C18H30N2. The van der Waals surface area contributed by atoms with E-state index in [1.807, 2.05) is 0 Å². The van der Waals surface area contributed by atoms with E-state index in [4.69, 9.17) is 5.73 Å². The van der Waals surface area contributed by atoms with Gasteiger partial charge in [-0.3, -0.25) is 4.90 Å². The maximum atomic E-state index is 6.10. The second kappa shape index (κ2) is 6.73. The average Bonchev–Trinajstić information content (AvgIpc) is 2.42. The summed E-state index contributed by atoms with van der Waals surface area (Å²) < 4.78 is 0. The highest BCUT2D eigenvalue weighted by Crippen LogP contribution is 2.31. The molecule has 0 amide bonds. The van der Waals surface area contributed by atoms with Crippen molar-refractivity contribution >= 4 is 0 Å². The molecule has 0 radical (unpaired) electrons. The lowest BCUT2D eigenvalue weighted by molar-refractivity contribution is 0.117. The summed E-state index contributed by atoms with van der Waals surface area (Å²) >= 11 is 0. The van der Waals surface area contributed by atoms with Crippen LogP contribution in [0.2, 0.25) is 0 Å². The van der Waals surface area contributed by atoms with Crippen LogP contribution >= 0.6 is 0 Å². The molecule has 1 fully saturated rings. The third kappa shape index (κ3) is 3.42. The summed E-state index contributed by atoms with van der Waals surface area (Å²) in [5.41, 5.74) is 10.2. The number of piperidine rings is 1. The van der Waals surface area contributed by atoms with Gasteiger partial charge >= 0.3 is 0 Å². The third-order valence-corrected chi connectivity index (χ3v) is 4.97. The van der Waals surface area contributed by atoms with Crippen molar-refractivity contribution in [2.75, 3.05) is 19.6 Å². The summed E-state index contributed by atoms with van der Waals surface area (Å²) in [5, 5.41) is 0. The zero-order chi connectivity index (χ0) is 14.7. The van der Waals surface area contributed by atoms with Gasteiger partial charge in [0, 0.05) is 12.6 Å². The molecule has 1 saturated heterocycles. The number of nitrogens with two attached hydrogens (primary N) is 1. The molecule has 1 atom stereocenters. The number of hydrogen-bond acceptors (Lipinski definition) is 2. The molecule has 1 aromatic carbocycles. The van der Waals surface area contributed by atoms with E-state index in [2.05, 4.69) is 50.8 Å². The topological polar surface area (TPSA) is 29.3 Å². The van der Waals surface area contributed by atoms with E-state index in [0.29, 0.717) is 6.04 Å². The monoisotopic (exact) mass is 274 g/mol. The van der Waals surface area contributed by atoms with E-state index >= 15 is 0 Å².